The van der Waals surface area contributed by atoms with Gasteiger partial charge in [-0.15, -0.1) is 0 Å². The minimum absolute atomic E-state index is 0.0257. The van der Waals surface area contributed by atoms with Crippen LogP contribution in [0.4, 0.5) is 20.3 Å². The molecule has 0 saturated carbocycles. The zero-order valence-corrected chi connectivity index (χ0v) is 23.4. The molecule has 4 aliphatic rings. The number of carbonyl (C=O) groups is 1. The molecule has 1 aromatic carbocycles. The number of aromatic nitrogens is 3. The molecule has 1 atom stereocenters. The number of benzene rings is 1. The van der Waals surface area contributed by atoms with Crippen molar-refractivity contribution in [1.29, 1.82) is 0 Å². The fourth-order valence-electron chi connectivity index (χ4n) is 7.39. The summed E-state index contributed by atoms with van der Waals surface area (Å²) in [7, 11) is 0. The Labute approximate surface area is 246 Å². The lowest BCUT2D eigenvalue weighted by molar-refractivity contribution is -0.0498. The molecule has 1 aliphatic carbocycles. The van der Waals surface area contributed by atoms with E-state index >= 15 is 0 Å². The van der Waals surface area contributed by atoms with Crippen LogP contribution >= 0.6 is 0 Å². The van der Waals surface area contributed by atoms with Crippen LogP contribution in [0.25, 0.3) is 16.9 Å². The van der Waals surface area contributed by atoms with E-state index in [2.05, 4.69) is 31.0 Å². The first-order chi connectivity index (χ1) is 21.0. The van der Waals surface area contributed by atoms with Crippen molar-refractivity contribution in [3.63, 3.8) is 0 Å². The molecule has 8 rings (SSSR count). The molecule has 43 heavy (non-hydrogen) atoms. The molecule has 2 saturated heterocycles. The number of imidazole rings is 1. The van der Waals surface area contributed by atoms with E-state index in [9.17, 15) is 13.6 Å². The van der Waals surface area contributed by atoms with E-state index in [4.69, 9.17) is 9.72 Å². The Balaban J connectivity index is 1.14. The molecule has 0 radical (unpaired) electrons. The first kappa shape index (κ1) is 26.4. The lowest BCUT2D eigenvalue weighted by Gasteiger charge is -2.35. The minimum Gasteiger partial charge on any atom is -0.435 e. The lowest BCUT2D eigenvalue weighted by Crippen LogP contribution is -2.33. The number of alkyl halides is 2. The number of nitrogens with one attached hydrogen (secondary N) is 1. The van der Waals surface area contributed by atoms with E-state index in [-0.39, 0.29) is 23.1 Å². The molecule has 1 amide bonds. The molecular formula is C32H30F2N6O3. The third-order valence-corrected chi connectivity index (χ3v) is 9.45. The highest BCUT2D eigenvalue weighted by atomic mass is 19.3. The monoisotopic (exact) mass is 584 g/mol. The Bertz CT molecular complexity index is 1770. The summed E-state index contributed by atoms with van der Waals surface area (Å²) in [6.45, 7) is 0.839. The molecule has 1 unspecified atom stereocenters. The standard InChI is InChI=1S/C32H30F2N6O3/c33-31(34)43-19-7-12-40-25(18-35-27(40)15-19)20-3-5-23(28-21(20)17-36-30(28)41)37-26-6-4-22-29(38-26)24(39-10-1-2-11-39)16-32(22)8-13-42-14-9-32/h3-7,12,15,17-18,24,31H,1-2,8-11,13-14,16H2,(H,37,38). The number of hydrogen-bond acceptors (Lipinski definition) is 7. The van der Waals surface area contributed by atoms with Gasteiger partial charge in [-0.05, 0) is 69.0 Å². The molecule has 0 bridgehead atoms. The normalized spacial score (nSPS) is 20.8. The summed E-state index contributed by atoms with van der Waals surface area (Å²) in [6.07, 6.45) is 10.4. The lowest BCUT2D eigenvalue weighted by atomic mass is 9.75. The van der Waals surface area contributed by atoms with Crippen molar-refractivity contribution in [2.75, 3.05) is 31.6 Å². The van der Waals surface area contributed by atoms with Crippen molar-refractivity contribution in [3.8, 4) is 17.0 Å². The van der Waals surface area contributed by atoms with Crippen LogP contribution in [0.2, 0.25) is 0 Å². The third-order valence-electron chi connectivity index (χ3n) is 9.45. The average molecular weight is 585 g/mol. The molecule has 3 aromatic heterocycles. The van der Waals surface area contributed by atoms with Crippen LogP contribution in [-0.4, -0.2) is 64.3 Å². The first-order valence-electron chi connectivity index (χ1n) is 14.8. The maximum absolute atomic E-state index is 13.0. The van der Waals surface area contributed by atoms with Gasteiger partial charge in [-0.25, -0.2) is 15.0 Å². The van der Waals surface area contributed by atoms with Crippen LogP contribution in [0.15, 0.2) is 53.8 Å². The smallest absolute Gasteiger partial charge is 0.387 e. The molecule has 2 fully saturated rings. The number of rotatable bonds is 6. The van der Waals surface area contributed by atoms with E-state index in [1.54, 1.807) is 23.0 Å². The summed E-state index contributed by atoms with van der Waals surface area (Å²) < 4.78 is 37.4. The zero-order valence-electron chi connectivity index (χ0n) is 23.4. The van der Waals surface area contributed by atoms with E-state index in [1.165, 1.54) is 30.5 Å². The van der Waals surface area contributed by atoms with Crippen LogP contribution in [-0.2, 0) is 10.2 Å². The van der Waals surface area contributed by atoms with Crippen molar-refractivity contribution in [2.45, 2.75) is 50.2 Å². The van der Waals surface area contributed by atoms with Gasteiger partial charge in [0.25, 0.3) is 5.91 Å². The molecule has 1 N–H and O–H groups in total. The molecule has 9 nitrogen and oxygen atoms in total. The molecular weight excluding hydrogens is 554 g/mol. The van der Waals surface area contributed by atoms with Gasteiger partial charge in [-0.1, -0.05) is 12.1 Å². The van der Waals surface area contributed by atoms with Crippen molar-refractivity contribution < 1.29 is 23.0 Å². The fraction of sp³-hybridized carbons (Fsp3) is 0.375. The first-order valence-corrected chi connectivity index (χ1v) is 14.8. The summed E-state index contributed by atoms with van der Waals surface area (Å²) in [4.78, 5) is 29.3. The Morgan fingerprint density at radius 3 is 2.74 bits per heavy atom. The summed E-state index contributed by atoms with van der Waals surface area (Å²) >= 11 is 0. The Kier molecular flexibility index (Phi) is 6.27. The number of amides is 1. The number of hydrogen-bond donors (Lipinski definition) is 1. The largest absolute Gasteiger partial charge is 0.435 e. The second-order valence-corrected chi connectivity index (χ2v) is 11.7. The molecule has 220 valence electrons. The van der Waals surface area contributed by atoms with Crippen LogP contribution in [0.1, 0.15) is 65.3 Å². The van der Waals surface area contributed by atoms with Crippen molar-refractivity contribution >= 4 is 29.3 Å². The SMILES string of the molecule is O=C1N=Cc2c(-c3cnc4cc(OC(F)F)ccn34)ccc(Nc3ccc4c(n3)C(N3CCCC3)CC43CCOCC3)c21. The second kappa shape index (κ2) is 10.2. The number of ether oxygens (including phenoxy) is 2. The highest BCUT2D eigenvalue weighted by molar-refractivity contribution is 6.19. The molecule has 11 heteroatoms. The van der Waals surface area contributed by atoms with Crippen LogP contribution in [0.3, 0.4) is 0 Å². The van der Waals surface area contributed by atoms with Gasteiger partial charge >= 0.3 is 6.61 Å². The number of aliphatic imine (C=N–C) groups is 1. The van der Waals surface area contributed by atoms with Crippen molar-refractivity contribution in [2.24, 2.45) is 4.99 Å². The van der Waals surface area contributed by atoms with Gasteiger partial charge in [-0.3, -0.25) is 14.1 Å². The number of anilines is 2. The molecule has 3 aliphatic heterocycles. The fourth-order valence-corrected chi connectivity index (χ4v) is 7.39. The van der Waals surface area contributed by atoms with Gasteiger partial charge < -0.3 is 14.8 Å². The van der Waals surface area contributed by atoms with E-state index in [0.717, 1.165) is 56.8 Å². The van der Waals surface area contributed by atoms with E-state index in [1.807, 2.05) is 18.2 Å². The number of fused-ring (bicyclic) bond motifs is 4. The molecule has 4 aromatic rings. The Hall–Kier alpha value is -4.22. The number of carbonyl (C=O) groups excluding carboxylic acids is 1. The van der Waals surface area contributed by atoms with Gasteiger partial charge in [0.05, 0.1) is 34.9 Å². The van der Waals surface area contributed by atoms with Crippen LogP contribution in [0.5, 0.6) is 5.75 Å². The Morgan fingerprint density at radius 2 is 1.93 bits per heavy atom. The zero-order chi connectivity index (χ0) is 29.1. The quantitative estimate of drug-likeness (QED) is 0.302. The summed E-state index contributed by atoms with van der Waals surface area (Å²) in [5, 5.41) is 3.44. The second-order valence-electron chi connectivity index (χ2n) is 11.7. The van der Waals surface area contributed by atoms with Crippen molar-refractivity contribution in [1.82, 2.24) is 19.3 Å². The maximum Gasteiger partial charge on any atom is 0.387 e. The van der Waals surface area contributed by atoms with Crippen LogP contribution < -0.4 is 10.1 Å². The van der Waals surface area contributed by atoms with Gasteiger partial charge in [0.15, 0.2) is 0 Å². The number of nitrogens with zero attached hydrogens (tertiary/aromatic N) is 5. The van der Waals surface area contributed by atoms with Gasteiger partial charge in [0.1, 0.15) is 17.2 Å². The maximum atomic E-state index is 13.0. The van der Waals surface area contributed by atoms with Crippen LogP contribution in [0, 0.1) is 0 Å². The van der Waals surface area contributed by atoms with E-state index in [0.29, 0.717) is 34.0 Å². The predicted octanol–water partition coefficient (Wildman–Crippen LogP) is 5.90. The van der Waals surface area contributed by atoms with Gasteiger partial charge in [0, 0.05) is 48.2 Å². The third kappa shape index (κ3) is 4.41. The predicted molar refractivity (Wildman–Crippen MR) is 157 cm³/mol. The topological polar surface area (TPSA) is 93.3 Å². The molecule has 1 spiro atoms. The number of pyridine rings is 2. The van der Waals surface area contributed by atoms with E-state index < -0.39 is 6.61 Å². The number of halogens is 2. The summed E-state index contributed by atoms with van der Waals surface area (Å²) in [5.74, 6) is 0.388. The van der Waals surface area contributed by atoms with Gasteiger partial charge in [0.2, 0.25) is 0 Å². The number of likely N-dealkylation sites (tertiary alicyclic amines) is 1. The van der Waals surface area contributed by atoms with Crippen molar-refractivity contribution in [3.05, 3.63) is 71.2 Å². The molecule has 6 heterocycles. The summed E-state index contributed by atoms with van der Waals surface area (Å²) in [5.41, 5.74) is 6.26. The minimum atomic E-state index is -2.92. The Morgan fingerprint density at radius 1 is 1.09 bits per heavy atom. The highest BCUT2D eigenvalue weighted by Crippen LogP contribution is 2.52. The summed E-state index contributed by atoms with van der Waals surface area (Å²) in [6, 6.07) is 11.2. The van der Waals surface area contributed by atoms with Gasteiger partial charge in [-0.2, -0.15) is 8.78 Å². The average Bonchev–Trinajstić information content (AvgIpc) is 3.80. The highest BCUT2D eigenvalue weighted by Gasteiger charge is 2.47.